The molecule has 0 spiro atoms. The van der Waals surface area contributed by atoms with Crippen molar-refractivity contribution in [3.8, 4) is 11.5 Å². The zero-order valence-electron chi connectivity index (χ0n) is 20.9. The van der Waals surface area contributed by atoms with Gasteiger partial charge in [0.1, 0.15) is 11.5 Å². The van der Waals surface area contributed by atoms with E-state index in [9.17, 15) is 9.59 Å². The Morgan fingerprint density at radius 1 is 1.09 bits per heavy atom. The smallest absolute Gasteiger partial charge is 0.264 e. The van der Waals surface area contributed by atoms with E-state index < -0.39 is 0 Å². The van der Waals surface area contributed by atoms with Crippen LogP contribution in [0, 0.1) is 0 Å². The Kier molecular flexibility index (Phi) is 7.28. The molecule has 1 saturated heterocycles. The van der Waals surface area contributed by atoms with Gasteiger partial charge in [0.2, 0.25) is 0 Å². The van der Waals surface area contributed by atoms with Crippen LogP contribution in [0.3, 0.4) is 0 Å². The van der Waals surface area contributed by atoms with E-state index in [4.69, 9.17) is 9.47 Å². The van der Waals surface area contributed by atoms with Crippen molar-refractivity contribution in [1.82, 2.24) is 14.8 Å². The number of piperazine rings is 1. The SMILES string of the molecule is COc1ccc(OCC(=O)Nc2nc3ccc(C(=O)N4CCN(C)CC4)cc3s2)c(C(C)(C)C)c1. The van der Waals surface area contributed by atoms with Gasteiger partial charge in [-0.05, 0) is 48.9 Å². The molecule has 186 valence electrons. The van der Waals surface area contributed by atoms with Gasteiger partial charge in [0, 0.05) is 37.3 Å². The standard InChI is InChI=1S/C26H32N4O4S/c1-26(2,3)19-15-18(33-5)7-9-21(19)34-16-23(31)28-25-27-20-8-6-17(14-22(20)35-25)24(32)30-12-10-29(4)11-13-30/h6-9,14-15H,10-13,16H2,1-5H3,(H,27,28,31). The number of fused-ring (bicyclic) bond motifs is 1. The molecular weight excluding hydrogens is 464 g/mol. The van der Waals surface area contributed by atoms with Crippen molar-refractivity contribution in [1.29, 1.82) is 0 Å². The van der Waals surface area contributed by atoms with E-state index in [2.05, 4.69) is 43.0 Å². The van der Waals surface area contributed by atoms with Crippen LogP contribution in [0.15, 0.2) is 36.4 Å². The van der Waals surface area contributed by atoms with Crippen LogP contribution in [0.1, 0.15) is 36.7 Å². The summed E-state index contributed by atoms with van der Waals surface area (Å²) in [7, 11) is 3.69. The van der Waals surface area contributed by atoms with Crippen molar-refractivity contribution in [2.45, 2.75) is 26.2 Å². The van der Waals surface area contributed by atoms with Gasteiger partial charge in [-0.15, -0.1) is 0 Å². The van der Waals surface area contributed by atoms with Crippen molar-refractivity contribution >= 4 is 38.5 Å². The summed E-state index contributed by atoms with van der Waals surface area (Å²) in [5.41, 5.74) is 2.17. The molecule has 4 rings (SSSR count). The predicted molar refractivity (Wildman–Crippen MR) is 139 cm³/mol. The van der Waals surface area contributed by atoms with Gasteiger partial charge in [0.05, 0.1) is 17.3 Å². The van der Waals surface area contributed by atoms with Crippen LogP contribution in [0.5, 0.6) is 11.5 Å². The van der Waals surface area contributed by atoms with E-state index >= 15 is 0 Å². The number of nitrogens with zero attached hydrogens (tertiary/aromatic N) is 3. The molecule has 1 N–H and O–H groups in total. The van der Waals surface area contributed by atoms with Crippen molar-refractivity contribution in [3.05, 3.63) is 47.5 Å². The lowest BCUT2D eigenvalue weighted by Crippen LogP contribution is -2.47. The molecular formula is C26H32N4O4S. The number of rotatable bonds is 6. The van der Waals surface area contributed by atoms with Crippen molar-refractivity contribution in [2.24, 2.45) is 0 Å². The van der Waals surface area contributed by atoms with Gasteiger partial charge < -0.3 is 19.3 Å². The van der Waals surface area contributed by atoms with Crippen LogP contribution < -0.4 is 14.8 Å². The Morgan fingerprint density at radius 3 is 2.51 bits per heavy atom. The van der Waals surface area contributed by atoms with E-state index in [-0.39, 0.29) is 23.8 Å². The van der Waals surface area contributed by atoms with E-state index in [0.29, 0.717) is 16.4 Å². The molecule has 9 heteroatoms. The second kappa shape index (κ2) is 10.2. The van der Waals surface area contributed by atoms with Crippen LogP contribution in [0.4, 0.5) is 5.13 Å². The lowest BCUT2D eigenvalue weighted by atomic mass is 9.86. The quantitative estimate of drug-likeness (QED) is 0.555. The summed E-state index contributed by atoms with van der Waals surface area (Å²) in [4.78, 5) is 34.1. The summed E-state index contributed by atoms with van der Waals surface area (Å²) in [6, 6.07) is 11.1. The molecule has 0 radical (unpaired) electrons. The number of thiazole rings is 1. The van der Waals surface area contributed by atoms with Crippen LogP contribution in [0.2, 0.25) is 0 Å². The topological polar surface area (TPSA) is 84.0 Å². The molecule has 1 fully saturated rings. The largest absolute Gasteiger partial charge is 0.497 e. The maximum absolute atomic E-state index is 12.9. The predicted octanol–water partition coefficient (Wildman–Crippen LogP) is 4.01. The molecule has 2 aromatic carbocycles. The summed E-state index contributed by atoms with van der Waals surface area (Å²) in [6.07, 6.45) is 0. The summed E-state index contributed by atoms with van der Waals surface area (Å²) in [5, 5.41) is 3.29. The first-order valence-corrected chi connectivity index (χ1v) is 12.5. The molecule has 0 atom stereocenters. The summed E-state index contributed by atoms with van der Waals surface area (Å²) in [5.74, 6) is 1.12. The Hall–Kier alpha value is -3.17. The van der Waals surface area contributed by atoms with Gasteiger partial charge in [0.15, 0.2) is 11.7 Å². The van der Waals surface area contributed by atoms with Crippen LogP contribution >= 0.6 is 11.3 Å². The Morgan fingerprint density at radius 2 is 1.83 bits per heavy atom. The number of anilines is 1. The van der Waals surface area contributed by atoms with Gasteiger partial charge >= 0.3 is 0 Å². The van der Waals surface area contributed by atoms with Crippen molar-refractivity contribution in [2.75, 3.05) is 52.3 Å². The number of ether oxygens (including phenoxy) is 2. The number of carbonyl (C=O) groups excluding carboxylic acids is 2. The molecule has 2 heterocycles. The average Bonchev–Trinajstić information content (AvgIpc) is 3.23. The molecule has 0 unspecified atom stereocenters. The maximum atomic E-state index is 12.9. The average molecular weight is 497 g/mol. The van der Waals surface area contributed by atoms with E-state index in [1.54, 1.807) is 13.2 Å². The zero-order chi connectivity index (χ0) is 25.2. The second-order valence-electron chi connectivity index (χ2n) is 9.75. The number of nitrogens with one attached hydrogen (secondary N) is 1. The highest BCUT2D eigenvalue weighted by molar-refractivity contribution is 7.22. The molecule has 1 aliphatic rings. The minimum atomic E-state index is -0.298. The fourth-order valence-electron chi connectivity index (χ4n) is 3.95. The molecule has 1 aliphatic heterocycles. The number of likely N-dealkylation sites (N-methyl/N-ethyl adjacent to an activating group) is 1. The van der Waals surface area contributed by atoms with Crippen LogP contribution in [0.25, 0.3) is 10.2 Å². The molecule has 2 amide bonds. The fourth-order valence-corrected chi connectivity index (χ4v) is 4.87. The first kappa shape index (κ1) is 24.9. The van der Waals surface area contributed by atoms with Gasteiger partial charge in [0.25, 0.3) is 11.8 Å². The Labute approximate surface area is 209 Å². The van der Waals surface area contributed by atoms with Gasteiger partial charge in [-0.1, -0.05) is 32.1 Å². The first-order valence-electron chi connectivity index (χ1n) is 11.6. The Bertz CT molecular complexity index is 1230. The number of amides is 2. The summed E-state index contributed by atoms with van der Waals surface area (Å²) in [6.45, 7) is 9.31. The second-order valence-corrected chi connectivity index (χ2v) is 10.8. The number of carbonyl (C=O) groups is 2. The molecule has 8 nitrogen and oxygen atoms in total. The van der Waals surface area contributed by atoms with Crippen LogP contribution in [-0.4, -0.2) is 73.5 Å². The van der Waals surface area contributed by atoms with E-state index in [0.717, 1.165) is 47.7 Å². The fraction of sp³-hybridized carbons (Fsp3) is 0.423. The molecule has 3 aromatic rings. The monoisotopic (exact) mass is 496 g/mol. The summed E-state index contributed by atoms with van der Waals surface area (Å²) >= 11 is 1.34. The molecule has 1 aromatic heterocycles. The molecule has 35 heavy (non-hydrogen) atoms. The minimum Gasteiger partial charge on any atom is -0.497 e. The van der Waals surface area contributed by atoms with Gasteiger partial charge in [-0.2, -0.15) is 0 Å². The molecule has 0 bridgehead atoms. The maximum Gasteiger partial charge on any atom is 0.264 e. The number of benzene rings is 2. The number of aromatic nitrogens is 1. The normalized spacial score (nSPS) is 14.7. The lowest BCUT2D eigenvalue weighted by molar-refractivity contribution is -0.118. The molecule has 0 aliphatic carbocycles. The van der Waals surface area contributed by atoms with Crippen molar-refractivity contribution in [3.63, 3.8) is 0 Å². The third kappa shape index (κ3) is 5.91. The van der Waals surface area contributed by atoms with E-state index in [1.165, 1.54) is 11.3 Å². The number of methoxy groups -OCH3 is 1. The van der Waals surface area contributed by atoms with Crippen LogP contribution in [-0.2, 0) is 10.2 Å². The third-order valence-corrected chi connectivity index (χ3v) is 6.96. The first-order chi connectivity index (χ1) is 16.6. The lowest BCUT2D eigenvalue weighted by Gasteiger charge is -2.32. The highest BCUT2D eigenvalue weighted by Gasteiger charge is 2.22. The number of hydrogen-bond donors (Lipinski definition) is 1. The van der Waals surface area contributed by atoms with Crippen molar-refractivity contribution < 1.29 is 19.1 Å². The number of hydrogen-bond acceptors (Lipinski definition) is 7. The highest BCUT2D eigenvalue weighted by atomic mass is 32.1. The zero-order valence-corrected chi connectivity index (χ0v) is 21.7. The van der Waals surface area contributed by atoms with Gasteiger partial charge in [-0.3, -0.25) is 14.9 Å². The third-order valence-electron chi connectivity index (χ3n) is 6.03. The highest BCUT2D eigenvalue weighted by Crippen LogP contribution is 2.34. The Balaban J connectivity index is 1.41. The molecule has 0 saturated carbocycles. The summed E-state index contributed by atoms with van der Waals surface area (Å²) < 4.78 is 12.0. The van der Waals surface area contributed by atoms with Gasteiger partial charge in [-0.25, -0.2) is 4.98 Å². The minimum absolute atomic E-state index is 0.0292. The van der Waals surface area contributed by atoms with E-state index in [1.807, 2.05) is 35.2 Å².